The van der Waals surface area contributed by atoms with Gasteiger partial charge in [-0.25, -0.2) is 9.18 Å². The number of methoxy groups -OCH3 is 1. The van der Waals surface area contributed by atoms with E-state index in [1.54, 1.807) is 42.5 Å². The van der Waals surface area contributed by atoms with Gasteiger partial charge in [0.2, 0.25) is 5.78 Å². The number of benzene rings is 3. The van der Waals surface area contributed by atoms with Crippen LogP contribution in [0.4, 0.5) is 10.1 Å². The topological polar surface area (TPSA) is 55.8 Å². The summed E-state index contributed by atoms with van der Waals surface area (Å²) in [4.78, 5) is 29.0. The number of cyclic esters (lactones) is 1. The summed E-state index contributed by atoms with van der Waals surface area (Å²) in [5.41, 5.74) is 2.20. The van der Waals surface area contributed by atoms with Gasteiger partial charge >= 0.3 is 5.97 Å². The molecule has 0 saturated carbocycles. The maximum atomic E-state index is 15.1. The van der Waals surface area contributed by atoms with Gasteiger partial charge in [-0.2, -0.15) is 11.8 Å². The summed E-state index contributed by atoms with van der Waals surface area (Å²) in [6.07, 6.45) is 1.59. The van der Waals surface area contributed by atoms with E-state index in [0.29, 0.717) is 37.1 Å². The van der Waals surface area contributed by atoms with Crippen LogP contribution in [0.5, 0.6) is 5.75 Å². The number of carbonyl (C=O) groups is 2. The Morgan fingerprint density at radius 2 is 1.69 bits per heavy atom. The highest BCUT2D eigenvalue weighted by Gasteiger charge is 2.36. The third kappa shape index (κ3) is 5.89. The van der Waals surface area contributed by atoms with Gasteiger partial charge in [-0.3, -0.25) is 4.79 Å². The molecule has 3 aromatic rings. The Labute approximate surface area is 254 Å². The summed E-state index contributed by atoms with van der Waals surface area (Å²) in [5.74, 6) is 1.00. The van der Waals surface area contributed by atoms with E-state index < -0.39 is 11.8 Å². The lowest BCUT2D eigenvalue weighted by Crippen LogP contribution is -2.33. The minimum Gasteiger partial charge on any atom is -0.494 e. The fourth-order valence-corrected chi connectivity index (χ4v) is 7.17. The molecule has 0 N–H and O–H groups in total. The number of nitrogens with zero attached hydrogens (tertiary/aromatic N) is 1. The molecule has 5 rings (SSSR count). The van der Waals surface area contributed by atoms with Crippen molar-refractivity contribution in [3.8, 4) is 5.75 Å². The molecule has 0 bridgehead atoms. The molecule has 0 aromatic heterocycles. The van der Waals surface area contributed by atoms with E-state index in [1.807, 2.05) is 28.8 Å². The number of hydrogen-bond donors (Lipinski definition) is 0. The Bertz CT molecular complexity index is 1510. The number of hydrogen-bond acceptors (Lipinski definition) is 6. The van der Waals surface area contributed by atoms with E-state index in [1.165, 1.54) is 13.2 Å². The van der Waals surface area contributed by atoms with Crippen LogP contribution < -0.4 is 9.64 Å². The summed E-state index contributed by atoms with van der Waals surface area (Å²) in [6, 6.07) is 15.4. The van der Waals surface area contributed by atoms with Crippen LogP contribution in [0.1, 0.15) is 21.5 Å². The molecular formula is C29H21Br3FNO4S. The number of esters is 1. The Morgan fingerprint density at radius 3 is 2.31 bits per heavy atom. The second-order valence-corrected chi connectivity index (χ2v) is 12.6. The number of carbonyl (C=O) groups excluding carboxylic acids is 2. The summed E-state index contributed by atoms with van der Waals surface area (Å²) in [7, 11) is 1.52. The molecule has 2 aliphatic rings. The Kier molecular flexibility index (Phi) is 8.66. The monoisotopic (exact) mass is 735 g/mol. The van der Waals surface area contributed by atoms with Crippen LogP contribution in [0.25, 0.3) is 11.6 Å². The number of allylic oxidation sites excluding steroid dienone is 1. The van der Waals surface area contributed by atoms with Crippen molar-refractivity contribution in [3.05, 3.63) is 102 Å². The number of ether oxygens (including phenoxy) is 2. The Balaban J connectivity index is 1.60. The lowest BCUT2D eigenvalue weighted by atomic mass is 9.93. The maximum absolute atomic E-state index is 15.1. The molecule has 0 unspecified atom stereocenters. The van der Waals surface area contributed by atoms with Gasteiger partial charge < -0.3 is 14.4 Å². The molecule has 2 heterocycles. The predicted molar refractivity (Wildman–Crippen MR) is 164 cm³/mol. The van der Waals surface area contributed by atoms with E-state index in [0.717, 1.165) is 29.1 Å². The zero-order chi connectivity index (χ0) is 27.7. The van der Waals surface area contributed by atoms with Crippen molar-refractivity contribution in [2.45, 2.75) is 0 Å². The van der Waals surface area contributed by atoms with Crippen molar-refractivity contribution >= 4 is 88.6 Å². The van der Waals surface area contributed by atoms with E-state index >= 15 is 4.39 Å². The summed E-state index contributed by atoms with van der Waals surface area (Å²) < 4.78 is 28.1. The van der Waals surface area contributed by atoms with Crippen molar-refractivity contribution in [1.82, 2.24) is 0 Å². The molecule has 2 aliphatic heterocycles. The lowest BCUT2D eigenvalue weighted by molar-refractivity contribution is -0.132. The third-order valence-corrected chi connectivity index (χ3v) is 9.00. The van der Waals surface area contributed by atoms with Crippen LogP contribution >= 0.6 is 59.6 Å². The van der Waals surface area contributed by atoms with Gasteiger partial charge in [-0.1, -0.05) is 34.1 Å². The van der Waals surface area contributed by atoms with Crippen LogP contribution in [0.15, 0.2) is 79.3 Å². The van der Waals surface area contributed by atoms with Crippen LogP contribution in [0.3, 0.4) is 0 Å². The molecule has 39 heavy (non-hydrogen) atoms. The zero-order valence-corrected chi connectivity index (χ0v) is 26.2. The molecule has 200 valence electrons. The number of rotatable bonds is 6. The van der Waals surface area contributed by atoms with Gasteiger partial charge in [0.05, 0.1) is 21.7 Å². The van der Waals surface area contributed by atoms with Crippen molar-refractivity contribution in [1.29, 1.82) is 0 Å². The Hall–Kier alpha value is -2.40. The van der Waals surface area contributed by atoms with E-state index in [-0.39, 0.29) is 22.7 Å². The molecule has 1 fully saturated rings. The molecule has 10 heteroatoms. The minimum absolute atomic E-state index is 0.101. The largest absolute Gasteiger partial charge is 0.494 e. The molecule has 1 saturated heterocycles. The van der Waals surface area contributed by atoms with Gasteiger partial charge in [0.25, 0.3) is 0 Å². The number of anilines is 1. The predicted octanol–water partition coefficient (Wildman–Crippen LogP) is 7.91. The number of thioether (sulfide) groups is 1. The van der Waals surface area contributed by atoms with Crippen molar-refractivity contribution in [2.75, 3.05) is 36.6 Å². The standard InChI is InChI=1S/C29H21Br3FNO4S/c1-37-28-20(31)14-18(15-21(28)32)27(35)26-25(17-3-5-19(30)6-4-17)24(38-29(26)36)13-16-2-7-23(22(33)12-16)34-8-10-39-11-9-34/h2-7,12-15H,8-11H2,1H3/b24-13-. The highest BCUT2D eigenvalue weighted by molar-refractivity contribution is 9.11. The minimum atomic E-state index is -0.768. The second-order valence-electron chi connectivity index (χ2n) is 8.77. The first-order chi connectivity index (χ1) is 18.8. The SMILES string of the molecule is COc1c(Br)cc(C(=O)C2=C(c3ccc(Br)cc3)/C(=C/c3ccc(N4CCSCC4)c(F)c3)OC2=O)cc1Br. The van der Waals surface area contributed by atoms with E-state index in [2.05, 4.69) is 47.8 Å². The van der Waals surface area contributed by atoms with E-state index in [4.69, 9.17) is 9.47 Å². The molecule has 0 spiro atoms. The fraction of sp³-hybridized carbons (Fsp3) is 0.172. The highest BCUT2D eigenvalue weighted by atomic mass is 79.9. The summed E-state index contributed by atoms with van der Waals surface area (Å²) >= 11 is 12.1. The number of ketones is 1. The first kappa shape index (κ1) is 28.1. The number of Topliss-reactive ketones (excluding diaryl/α,β-unsaturated/α-hetero) is 1. The molecule has 0 aliphatic carbocycles. The normalized spacial score (nSPS) is 16.6. The lowest BCUT2D eigenvalue weighted by Gasteiger charge is -2.28. The van der Waals surface area contributed by atoms with Gasteiger partial charge in [0.15, 0.2) is 0 Å². The summed E-state index contributed by atoms with van der Waals surface area (Å²) in [6.45, 7) is 1.58. The first-order valence-electron chi connectivity index (χ1n) is 11.9. The quantitative estimate of drug-likeness (QED) is 0.146. The second kappa shape index (κ2) is 12.0. The van der Waals surface area contributed by atoms with Gasteiger partial charge in [-0.15, -0.1) is 0 Å². The average molecular weight is 738 g/mol. The van der Waals surface area contributed by atoms with Crippen LogP contribution in [0.2, 0.25) is 0 Å². The average Bonchev–Trinajstić information content (AvgIpc) is 3.24. The van der Waals surface area contributed by atoms with Gasteiger partial charge in [0, 0.05) is 40.2 Å². The summed E-state index contributed by atoms with van der Waals surface area (Å²) in [5, 5.41) is 0. The molecule has 0 atom stereocenters. The fourth-order valence-electron chi connectivity index (χ4n) is 4.49. The highest BCUT2D eigenvalue weighted by Crippen LogP contribution is 2.40. The van der Waals surface area contributed by atoms with Crippen molar-refractivity contribution < 1.29 is 23.5 Å². The van der Waals surface area contributed by atoms with Crippen LogP contribution in [0, 0.1) is 5.82 Å². The molecule has 0 radical (unpaired) electrons. The van der Waals surface area contributed by atoms with Gasteiger partial charge in [-0.05, 0) is 85.5 Å². The van der Waals surface area contributed by atoms with Crippen LogP contribution in [-0.2, 0) is 9.53 Å². The van der Waals surface area contributed by atoms with Crippen molar-refractivity contribution in [2.24, 2.45) is 0 Å². The molecule has 0 amide bonds. The third-order valence-electron chi connectivity index (χ3n) is 6.35. The number of halogens is 4. The van der Waals surface area contributed by atoms with Crippen molar-refractivity contribution in [3.63, 3.8) is 0 Å². The first-order valence-corrected chi connectivity index (χ1v) is 15.4. The smallest absolute Gasteiger partial charge is 0.348 e. The molecular weight excluding hydrogens is 717 g/mol. The van der Waals surface area contributed by atoms with E-state index in [9.17, 15) is 9.59 Å². The van der Waals surface area contributed by atoms with Crippen LogP contribution in [-0.4, -0.2) is 43.5 Å². The molecule has 5 nitrogen and oxygen atoms in total. The zero-order valence-electron chi connectivity index (χ0n) is 20.6. The maximum Gasteiger partial charge on any atom is 0.348 e. The molecule has 3 aromatic carbocycles. The Morgan fingerprint density at radius 1 is 1.03 bits per heavy atom. The van der Waals surface area contributed by atoms with Gasteiger partial charge in [0.1, 0.15) is 22.9 Å².